The number of anilines is 2. The summed E-state index contributed by atoms with van der Waals surface area (Å²) >= 11 is 0. The van der Waals surface area contributed by atoms with Crippen LogP contribution in [-0.4, -0.2) is 60.6 Å². The Morgan fingerprint density at radius 1 is 0.897 bits per heavy atom. The first-order valence-electron chi connectivity index (χ1n) is 9.88. The maximum Gasteiger partial charge on any atom is 0.323 e. The fraction of sp³-hybridized carbons (Fsp3) is 0.550. The van der Waals surface area contributed by atoms with Gasteiger partial charge < -0.3 is 30.6 Å². The van der Waals surface area contributed by atoms with Gasteiger partial charge in [-0.1, -0.05) is 29.8 Å². The fourth-order valence-corrected chi connectivity index (χ4v) is 2.31. The van der Waals surface area contributed by atoms with Crippen molar-refractivity contribution in [1.29, 1.82) is 0 Å². The molecule has 2 aromatic rings. The molecule has 0 bridgehead atoms. The third-order valence-corrected chi connectivity index (χ3v) is 3.69. The molecule has 1 heterocycles. The van der Waals surface area contributed by atoms with Crippen LogP contribution in [0, 0.1) is 6.92 Å². The van der Waals surface area contributed by atoms with Crippen molar-refractivity contribution >= 4 is 11.9 Å². The highest BCUT2D eigenvalue weighted by molar-refractivity contribution is 5.37. The van der Waals surface area contributed by atoms with Gasteiger partial charge in [-0.05, 0) is 26.3 Å². The molecule has 29 heavy (non-hydrogen) atoms. The van der Waals surface area contributed by atoms with Gasteiger partial charge >= 0.3 is 6.01 Å². The van der Waals surface area contributed by atoms with Crippen molar-refractivity contribution in [3.8, 4) is 6.01 Å². The van der Waals surface area contributed by atoms with Crippen molar-refractivity contribution in [3.63, 3.8) is 0 Å². The molecule has 0 saturated carbocycles. The minimum absolute atomic E-state index is 0.0351. The monoisotopic (exact) mass is 404 g/mol. The summed E-state index contributed by atoms with van der Waals surface area (Å²) in [6.07, 6.45) is -0.0351. The SMILES string of the molecule is Cc1ccc(CNc2nc(NCCOCCOCCN)nc(OC(C)C)n2)cc1. The number of hydrogen-bond acceptors (Lipinski definition) is 9. The van der Waals surface area contributed by atoms with Crippen molar-refractivity contribution in [2.24, 2.45) is 5.73 Å². The van der Waals surface area contributed by atoms with Crippen molar-refractivity contribution < 1.29 is 14.2 Å². The predicted molar refractivity (Wildman–Crippen MR) is 113 cm³/mol. The molecule has 1 aromatic heterocycles. The van der Waals surface area contributed by atoms with E-state index in [4.69, 9.17) is 19.9 Å². The lowest BCUT2D eigenvalue weighted by atomic mass is 10.1. The zero-order chi connectivity index (χ0) is 20.9. The summed E-state index contributed by atoms with van der Waals surface area (Å²) in [5.41, 5.74) is 7.72. The van der Waals surface area contributed by atoms with Gasteiger partial charge in [-0.25, -0.2) is 0 Å². The van der Waals surface area contributed by atoms with Crippen molar-refractivity contribution in [3.05, 3.63) is 35.4 Å². The maximum absolute atomic E-state index is 5.65. The molecule has 160 valence electrons. The molecule has 9 heteroatoms. The Hall–Kier alpha value is -2.49. The number of aromatic nitrogens is 3. The molecular weight excluding hydrogens is 372 g/mol. The molecule has 0 atom stereocenters. The van der Waals surface area contributed by atoms with Crippen LogP contribution in [0.3, 0.4) is 0 Å². The van der Waals surface area contributed by atoms with E-state index in [9.17, 15) is 0 Å². The molecule has 0 spiro atoms. The highest BCUT2D eigenvalue weighted by Crippen LogP contribution is 2.14. The zero-order valence-corrected chi connectivity index (χ0v) is 17.5. The molecule has 9 nitrogen and oxygen atoms in total. The van der Waals surface area contributed by atoms with Crippen LogP contribution >= 0.6 is 0 Å². The van der Waals surface area contributed by atoms with Gasteiger partial charge in [0.2, 0.25) is 11.9 Å². The molecule has 0 fully saturated rings. The van der Waals surface area contributed by atoms with Gasteiger partial charge in [-0.2, -0.15) is 15.0 Å². The molecule has 0 saturated heterocycles. The van der Waals surface area contributed by atoms with Crippen molar-refractivity contribution in [2.75, 3.05) is 50.2 Å². The first-order valence-corrected chi connectivity index (χ1v) is 9.88. The number of hydrogen-bond donors (Lipinski definition) is 3. The van der Waals surface area contributed by atoms with Gasteiger partial charge in [-0.15, -0.1) is 0 Å². The van der Waals surface area contributed by atoms with Crippen LogP contribution in [-0.2, 0) is 16.0 Å². The summed E-state index contributed by atoms with van der Waals surface area (Å²) in [5.74, 6) is 0.889. The van der Waals surface area contributed by atoms with E-state index in [1.54, 1.807) is 0 Å². The quantitative estimate of drug-likeness (QED) is 0.406. The highest BCUT2D eigenvalue weighted by atomic mass is 16.5. The number of ether oxygens (including phenoxy) is 3. The lowest BCUT2D eigenvalue weighted by molar-refractivity contribution is 0.0547. The Labute approximate surface area is 172 Å². The Bertz CT molecular complexity index is 712. The van der Waals surface area contributed by atoms with Crippen molar-refractivity contribution in [2.45, 2.75) is 33.4 Å². The fourth-order valence-electron chi connectivity index (χ4n) is 2.31. The van der Waals surface area contributed by atoms with Crippen molar-refractivity contribution in [1.82, 2.24) is 15.0 Å². The number of nitrogens with one attached hydrogen (secondary N) is 2. The van der Waals surface area contributed by atoms with E-state index in [-0.39, 0.29) is 12.1 Å². The smallest absolute Gasteiger partial charge is 0.323 e. The Morgan fingerprint density at radius 2 is 1.55 bits per heavy atom. The van der Waals surface area contributed by atoms with Crippen LogP contribution in [0.2, 0.25) is 0 Å². The lowest BCUT2D eigenvalue weighted by Gasteiger charge is -2.12. The van der Waals surface area contributed by atoms with E-state index in [0.29, 0.717) is 58.0 Å². The lowest BCUT2D eigenvalue weighted by Crippen LogP contribution is -2.17. The van der Waals surface area contributed by atoms with E-state index >= 15 is 0 Å². The largest absolute Gasteiger partial charge is 0.461 e. The zero-order valence-electron chi connectivity index (χ0n) is 17.5. The average molecular weight is 405 g/mol. The molecule has 2 rings (SSSR count). The van der Waals surface area contributed by atoms with Crippen LogP contribution in [0.1, 0.15) is 25.0 Å². The molecule has 0 aliphatic carbocycles. The number of nitrogens with two attached hydrogens (primary N) is 1. The van der Waals surface area contributed by atoms with E-state index < -0.39 is 0 Å². The van der Waals surface area contributed by atoms with Crippen LogP contribution in [0.25, 0.3) is 0 Å². The predicted octanol–water partition coefficient (Wildman–Crippen LogP) is 1.98. The number of nitrogens with zero attached hydrogens (tertiary/aromatic N) is 3. The van der Waals surface area contributed by atoms with E-state index in [1.807, 2.05) is 13.8 Å². The second-order valence-corrected chi connectivity index (χ2v) is 6.71. The average Bonchev–Trinajstić information content (AvgIpc) is 2.69. The maximum atomic E-state index is 5.65. The van der Waals surface area contributed by atoms with Crippen LogP contribution in [0.4, 0.5) is 11.9 Å². The highest BCUT2D eigenvalue weighted by Gasteiger charge is 2.09. The summed E-state index contributed by atoms with van der Waals surface area (Å²) in [7, 11) is 0. The van der Waals surface area contributed by atoms with E-state index in [0.717, 1.165) is 5.56 Å². The molecule has 4 N–H and O–H groups in total. The van der Waals surface area contributed by atoms with Crippen LogP contribution in [0.15, 0.2) is 24.3 Å². The molecular formula is C20H32N6O3. The first kappa shape index (κ1) is 22.8. The van der Waals surface area contributed by atoms with Gasteiger partial charge in [0.05, 0.1) is 32.5 Å². The van der Waals surface area contributed by atoms with Gasteiger partial charge in [0.1, 0.15) is 0 Å². The molecule has 0 radical (unpaired) electrons. The standard InChI is InChI=1S/C20H32N6O3/c1-15(2)29-20-25-18(22-9-11-28-13-12-27-10-8-21)24-19(26-20)23-14-17-6-4-16(3)5-7-17/h4-7,15H,8-14,21H2,1-3H3,(H2,22,23,24,25,26). The van der Waals surface area contributed by atoms with Gasteiger partial charge in [0.25, 0.3) is 0 Å². The molecule has 1 aromatic carbocycles. The Kier molecular flexibility index (Phi) is 10.1. The summed E-state index contributed by atoms with van der Waals surface area (Å²) in [4.78, 5) is 13.1. The summed E-state index contributed by atoms with van der Waals surface area (Å²) in [6, 6.07) is 8.57. The second kappa shape index (κ2) is 12.9. The topological polar surface area (TPSA) is 116 Å². The van der Waals surface area contributed by atoms with Crippen LogP contribution < -0.4 is 21.1 Å². The minimum atomic E-state index is -0.0351. The van der Waals surface area contributed by atoms with Gasteiger partial charge in [-0.3, -0.25) is 0 Å². The van der Waals surface area contributed by atoms with Gasteiger partial charge in [0, 0.05) is 19.6 Å². The first-order chi connectivity index (χ1) is 14.1. The van der Waals surface area contributed by atoms with E-state index in [1.165, 1.54) is 5.56 Å². The molecule has 0 aliphatic rings. The normalized spacial score (nSPS) is 10.9. The van der Waals surface area contributed by atoms with Gasteiger partial charge in [0.15, 0.2) is 0 Å². The number of rotatable bonds is 14. The van der Waals surface area contributed by atoms with Crippen LogP contribution in [0.5, 0.6) is 6.01 Å². The molecule has 0 amide bonds. The summed E-state index contributed by atoms with van der Waals surface area (Å²) in [6.45, 7) is 9.69. The third kappa shape index (κ3) is 9.51. The third-order valence-electron chi connectivity index (χ3n) is 3.69. The summed E-state index contributed by atoms with van der Waals surface area (Å²) < 4.78 is 16.4. The minimum Gasteiger partial charge on any atom is -0.461 e. The summed E-state index contributed by atoms with van der Waals surface area (Å²) in [5, 5.41) is 6.36. The number of aryl methyl sites for hydroxylation is 1. The Morgan fingerprint density at radius 3 is 2.21 bits per heavy atom. The molecule has 0 unspecified atom stereocenters. The molecule has 0 aliphatic heterocycles. The Balaban J connectivity index is 1.87. The number of benzene rings is 1. The van der Waals surface area contributed by atoms with E-state index in [2.05, 4.69) is 56.8 Å². The second-order valence-electron chi connectivity index (χ2n) is 6.71.